The van der Waals surface area contributed by atoms with Crippen LogP contribution in [0, 0.1) is 0 Å². The largest absolute Gasteiger partial charge is 0.392 e. The van der Waals surface area contributed by atoms with Crippen molar-refractivity contribution < 1.29 is 9.90 Å². The molecule has 1 unspecified atom stereocenters. The van der Waals surface area contributed by atoms with E-state index in [2.05, 4.69) is 22.3 Å². The van der Waals surface area contributed by atoms with E-state index in [0.717, 1.165) is 31.6 Å². The third-order valence-corrected chi connectivity index (χ3v) is 3.29. The molecule has 0 saturated carbocycles. The zero-order valence-electron chi connectivity index (χ0n) is 10.7. The van der Waals surface area contributed by atoms with Crippen molar-refractivity contribution in [3.05, 3.63) is 35.4 Å². The first-order valence-electron chi connectivity index (χ1n) is 6.35. The van der Waals surface area contributed by atoms with Crippen LogP contribution in [0.15, 0.2) is 24.3 Å². The number of carbonyl (C=O) groups is 1. The van der Waals surface area contributed by atoms with E-state index >= 15 is 0 Å². The first kappa shape index (κ1) is 13.1. The maximum atomic E-state index is 11.0. The number of aliphatic hydroxyl groups is 1. The molecule has 1 aliphatic heterocycles. The van der Waals surface area contributed by atoms with Crippen molar-refractivity contribution in [3.63, 3.8) is 0 Å². The van der Waals surface area contributed by atoms with E-state index in [-0.39, 0.29) is 12.5 Å². The zero-order chi connectivity index (χ0) is 13.0. The van der Waals surface area contributed by atoms with E-state index in [4.69, 9.17) is 5.11 Å². The second-order valence-electron chi connectivity index (χ2n) is 4.90. The highest BCUT2D eigenvalue weighted by Crippen LogP contribution is 2.14. The highest BCUT2D eigenvalue weighted by molar-refractivity contribution is 5.73. The molecule has 2 N–H and O–H groups in total. The third kappa shape index (κ3) is 3.55. The topological polar surface area (TPSA) is 52.6 Å². The van der Waals surface area contributed by atoms with E-state index in [0.29, 0.717) is 6.04 Å². The second kappa shape index (κ2) is 5.98. The van der Waals surface area contributed by atoms with Crippen LogP contribution in [0.4, 0.5) is 0 Å². The molecule has 1 heterocycles. The molecule has 0 bridgehead atoms. The molecule has 98 valence electrons. The molecule has 0 radical (unpaired) electrons. The van der Waals surface area contributed by atoms with Crippen molar-refractivity contribution in [2.45, 2.75) is 32.5 Å². The molecule has 0 spiro atoms. The van der Waals surface area contributed by atoms with Gasteiger partial charge in [0, 0.05) is 32.6 Å². The lowest BCUT2D eigenvalue weighted by atomic mass is 10.1. The summed E-state index contributed by atoms with van der Waals surface area (Å²) in [6.45, 7) is 4.50. The average molecular weight is 248 g/mol. The Morgan fingerprint density at radius 2 is 2.06 bits per heavy atom. The minimum Gasteiger partial charge on any atom is -0.392 e. The van der Waals surface area contributed by atoms with Crippen LogP contribution in [0.3, 0.4) is 0 Å². The summed E-state index contributed by atoms with van der Waals surface area (Å²) in [5, 5.41) is 11.9. The van der Waals surface area contributed by atoms with Crippen LogP contribution >= 0.6 is 0 Å². The lowest BCUT2D eigenvalue weighted by molar-refractivity contribution is -0.119. The number of nitrogens with one attached hydrogen (secondary N) is 1. The maximum absolute atomic E-state index is 11.0. The summed E-state index contributed by atoms with van der Waals surface area (Å²) in [6.07, 6.45) is 1.02. The predicted octanol–water partition coefficient (Wildman–Crippen LogP) is 0.889. The van der Waals surface area contributed by atoms with E-state index in [9.17, 15) is 4.79 Å². The van der Waals surface area contributed by atoms with Gasteiger partial charge in [-0.1, -0.05) is 24.3 Å². The van der Waals surface area contributed by atoms with Gasteiger partial charge >= 0.3 is 0 Å². The third-order valence-electron chi connectivity index (χ3n) is 3.29. The van der Waals surface area contributed by atoms with Crippen LogP contribution in [-0.2, 0) is 17.9 Å². The lowest BCUT2D eigenvalue weighted by Crippen LogP contribution is -2.35. The van der Waals surface area contributed by atoms with Crippen LogP contribution in [-0.4, -0.2) is 35.0 Å². The number of hydrogen-bond donors (Lipinski definition) is 2. The van der Waals surface area contributed by atoms with Crippen LogP contribution in [0.25, 0.3) is 0 Å². The van der Waals surface area contributed by atoms with Gasteiger partial charge in [0.05, 0.1) is 6.61 Å². The summed E-state index contributed by atoms with van der Waals surface area (Å²) < 4.78 is 0. The standard InChI is InChI=1S/C14H20N2O2/c1-11(18)15-14-6-7-16(9-14)8-12-2-4-13(10-17)5-3-12/h2-5,14,17H,6-10H2,1H3,(H,15,18). The number of carbonyl (C=O) groups excluding carboxylic acids is 1. The fourth-order valence-electron chi connectivity index (χ4n) is 2.39. The number of amides is 1. The average Bonchev–Trinajstić information content (AvgIpc) is 2.76. The second-order valence-corrected chi connectivity index (χ2v) is 4.90. The van der Waals surface area contributed by atoms with Gasteiger partial charge in [0.15, 0.2) is 0 Å². The van der Waals surface area contributed by atoms with Crippen molar-refractivity contribution in [3.8, 4) is 0 Å². The Bertz CT molecular complexity index is 403. The van der Waals surface area contributed by atoms with Crippen LogP contribution in [0.2, 0.25) is 0 Å². The predicted molar refractivity (Wildman–Crippen MR) is 69.9 cm³/mol. The van der Waals surface area contributed by atoms with Gasteiger partial charge in [-0.3, -0.25) is 9.69 Å². The summed E-state index contributed by atoms with van der Waals surface area (Å²) in [5.41, 5.74) is 2.19. The van der Waals surface area contributed by atoms with Crippen LogP contribution < -0.4 is 5.32 Å². The van der Waals surface area contributed by atoms with E-state index in [1.807, 2.05) is 12.1 Å². The highest BCUT2D eigenvalue weighted by atomic mass is 16.3. The minimum absolute atomic E-state index is 0.0501. The van der Waals surface area contributed by atoms with Crippen molar-refractivity contribution >= 4 is 5.91 Å². The van der Waals surface area contributed by atoms with Gasteiger partial charge in [-0.15, -0.1) is 0 Å². The van der Waals surface area contributed by atoms with E-state index < -0.39 is 0 Å². The number of likely N-dealkylation sites (tertiary alicyclic amines) is 1. The fourth-order valence-corrected chi connectivity index (χ4v) is 2.39. The summed E-state index contributed by atoms with van der Waals surface area (Å²) >= 11 is 0. The first-order chi connectivity index (χ1) is 8.67. The number of benzene rings is 1. The molecule has 0 aromatic heterocycles. The monoisotopic (exact) mass is 248 g/mol. The Hall–Kier alpha value is -1.39. The summed E-state index contributed by atoms with van der Waals surface area (Å²) in [4.78, 5) is 13.3. The molecular formula is C14H20N2O2. The number of hydrogen-bond acceptors (Lipinski definition) is 3. The lowest BCUT2D eigenvalue weighted by Gasteiger charge is -2.16. The van der Waals surface area contributed by atoms with E-state index in [1.165, 1.54) is 5.56 Å². The van der Waals surface area contributed by atoms with Gasteiger partial charge in [-0.05, 0) is 17.5 Å². The van der Waals surface area contributed by atoms with Gasteiger partial charge < -0.3 is 10.4 Å². The summed E-state index contributed by atoms with van der Waals surface area (Å²) in [6, 6.07) is 8.31. The molecule has 1 aliphatic rings. The van der Waals surface area contributed by atoms with Crippen molar-refractivity contribution in [2.75, 3.05) is 13.1 Å². The number of nitrogens with zero attached hydrogens (tertiary/aromatic N) is 1. The molecule has 4 heteroatoms. The van der Waals surface area contributed by atoms with Gasteiger partial charge in [-0.25, -0.2) is 0 Å². The Balaban J connectivity index is 1.85. The van der Waals surface area contributed by atoms with Gasteiger partial charge in [0.25, 0.3) is 0 Å². The molecule has 18 heavy (non-hydrogen) atoms. The molecule has 1 aromatic carbocycles. The fraction of sp³-hybridized carbons (Fsp3) is 0.500. The molecule has 1 amide bonds. The quantitative estimate of drug-likeness (QED) is 0.832. The van der Waals surface area contributed by atoms with Gasteiger partial charge in [-0.2, -0.15) is 0 Å². The Morgan fingerprint density at radius 1 is 1.39 bits per heavy atom. The van der Waals surface area contributed by atoms with Gasteiger partial charge in [0.2, 0.25) is 5.91 Å². The molecule has 4 nitrogen and oxygen atoms in total. The molecule has 1 saturated heterocycles. The summed E-state index contributed by atoms with van der Waals surface area (Å²) in [5.74, 6) is 0.0501. The minimum atomic E-state index is 0.0501. The molecule has 0 aliphatic carbocycles. The molecular weight excluding hydrogens is 228 g/mol. The zero-order valence-corrected chi connectivity index (χ0v) is 10.7. The normalized spacial score (nSPS) is 20.0. The highest BCUT2D eigenvalue weighted by Gasteiger charge is 2.22. The van der Waals surface area contributed by atoms with Gasteiger partial charge in [0.1, 0.15) is 0 Å². The molecule has 2 rings (SSSR count). The number of aliphatic hydroxyl groups excluding tert-OH is 1. The summed E-state index contributed by atoms with van der Waals surface area (Å²) in [7, 11) is 0. The molecule has 1 aromatic rings. The Labute approximate surface area is 108 Å². The molecule has 1 atom stereocenters. The van der Waals surface area contributed by atoms with Crippen LogP contribution in [0.1, 0.15) is 24.5 Å². The van der Waals surface area contributed by atoms with Crippen LogP contribution in [0.5, 0.6) is 0 Å². The SMILES string of the molecule is CC(=O)NC1CCN(Cc2ccc(CO)cc2)C1. The Morgan fingerprint density at radius 3 is 2.67 bits per heavy atom. The Kier molecular flexibility index (Phi) is 4.33. The van der Waals surface area contributed by atoms with Crippen molar-refractivity contribution in [1.82, 2.24) is 10.2 Å². The number of rotatable bonds is 4. The maximum Gasteiger partial charge on any atom is 0.217 e. The molecule has 1 fully saturated rings. The first-order valence-corrected chi connectivity index (χ1v) is 6.35. The van der Waals surface area contributed by atoms with E-state index in [1.54, 1.807) is 6.92 Å². The van der Waals surface area contributed by atoms with Crippen molar-refractivity contribution in [1.29, 1.82) is 0 Å². The van der Waals surface area contributed by atoms with Crippen molar-refractivity contribution in [2.24, 2.45) is 0 Å². The smallest absolute Gasteiger partial charge is 0.217 e.